The normalized spacial score (nSPS) is 41.4. The molecule has 0 aromatic rings. The van der Waals surface area contributed by atoms with E-state index < -0.39 is 0 Å². The largest absolute Gasteiger partial charge is 0.388 e. The van der Waals surface area contributed by atoms with Gasteiger partial charge in [0.2, 0.25) is 0 Å². The maximum atomic E-state index is 10.2. The average Bonchev–Trinajstić information content (AvgIpc) is 2.92. The Kier molecular flexibility index (Phi) is 5.14. The van der Waals surface area contributed by atoms with E-state index in [0.717, 1.165) is 36.7 Å². The van der Waals surface area contributed by atoms with E-state index in [1.807, 2.05) is 0 Å². The van der Waals surface area contributed by atoms with E-state index in [4.69, 9.17) is 0 Å². The number of allylic oxidation sites excluding steroid dienone is 4. The zero-order chi connectivity index (χ0) is 15.6. The minimum Gasteiger partial charge on any atom is -0.388 e. The van der Waals surface area contributed by atoms with Crippen molar-refractivity contribution in [2.45, 2.75) is 72.8 Å². The van der Waals surface area contributed by atoms with Gasteiger partial charge in [-0.15, -0.1) is 0 Å². The summed E-state index contributed by atoms with van der Waals surface area (Å²) < 4.78 is 0. The summed E-state index contributed by atoms with van der Waals surface area (Å²) >= 11 is 0. The summed E-state index contributed by atoms with van der Waals surface area (Å²) in [5.41, 5.74) is 4.54. The van der Waals surface area contributed by atoms with Crippen LogP contribution in [0.3, 0.4) is 0 Å². The molecule has 1 nitrogen and oxygen atoms in total. The van der Waals surface area contributed by atoms with Crippen LogP contribution in [-0.2, 0) is 0 Å². The maximum absolute atomic E-state index is 10.2. The number of fused-ring (bicyclic) bond motifs is 1. The maximum Gasteiger partial charge on any atom is 0.0781 e. The lowest BCUT2D eigenvalue weighted by atomic mass is 10.00. The smallest absolute Gasteiger partial charge is 0.0781 e. The minimum atomic E-state index is -0.308. The molecular formula is C20H32O. The van der Waals surface area contributed by atoms with Crippen LogP contribution < -0.4 is 0 Å². The lowest BCUT2D eigenvalue weighted by Crippen LogP contribution is -2.07. The predicted octanol–water partition coefficient (Wildman–Crippen LogP) is 5.42. The van der Waals surface area contributed by atoms with Gasteiger partial charge in [-0.1, -0.05) is 43.2 Å². The summed E-state index contributed by atoms with van der Waals surface area (Å²) in [6.45, 7) is 11.4. The van der Waals surface area contributed by atoms with Crippen molar-refractivity contribution in [1.82, 2.24) is 0 Å². The van der Waals surface area contributed by atoms with Gasteiger partial charge in [-0.05, 0) is 75.7 Å². The third-order valence-corrected chi connectivity index (χ3v) is 5.67. The second-order valence-electron chi connectivity index (χ2n) is 7.79. The molecule has 1 fully saturated rings. The highest BCUT2D eigenvalue weighted by atomic mass is 16.3. The van der Waals surface area contributed by atoms with Gasteiger partial charge in [-0.2, -0.15) is 0 Å². The Hall–Kier alpha value is -0.820. The monoisotopic (exact) mass is 288 g/mol. The first kappa shape index (κ1) is 16.5. The van der Waals surface area contributed by atoms with E-state index in [1.54, 1.807) is 0 Å². The number of aliphatic hydroxyl groups excluding tert-OH is 1. The molecule has 0 aromatic carbocycles. The van der Waals surface area contributed by atoms with Crippen molar-refractivity contribution in [2.75, 3.05) is 0 Å². The lowest BCUT2D eigenvalue weighted by molar-refractivity contribution is 0.213. The van der Waals surface area contributed by atoms with Crippen LogP contribution in [0.15, 0.2) is 34.9 Å². The molecular weight excluding hydrogens is 256 g/mol. The minimum absolute atomic E-state index is 0.308. The van der Waals surface area contributed by atoms with Gasteiger partial charge in [0.05, 0.1) is 6.10 Å². The van der Waals surface area contributed by atoms with Gasteiger partial charge >= 0.3 is 0 Å². The van der Waals surface area contributed by atoms with Crippen LogP contribution in [0.25, 0.3) is 0 Å². The fourth-order valence-corrected chi connectivity index (χ4v) is 3.71. The SMILES string of the molecule is C/C1=C\[C@@H]2[C@H](CC/C(C)=C/CC(O)/C(C)=C/CC1)C2(C)C. The fourth-order valence-electron chi connectivity index (χ4n) is 3.71. The highest BCUT2D eigenvalue weighted by Crippen LogP contribution is 2.61. The standard InChI is InChI=1S/C20H32O/c1-14-9-11-17-18(20(17,4)5)13-15(2)7-6-8-16(3)19(21)12-10-14/h8,10,13,17-19,21H,6-7,9,11-12H2,1-5H3/b14-10+,15-13+,16-8+/t17-,18+,19?/m0/s1. The van der Waals surface area contributed by atoms with Crippen LogP contribution in [0.1, 0.15) is 66.7 Å². The Morgan fingerprint density at radius 1 is 1.05 bits per heavy atom. The van der Waals surface area contributed by atoms with Crippen molar-refractivity contribution >= 4 is 0 Å². The van der Waals surface area contributed by atoms with E-state index in [0.29, 0.717) is 5.41 Å². The molecule has 0 saturated heterocycles. The van der Waals surface area contributed by atoms with Crippen molar-refractivity contribution in [3.63, 3.8) is 0 Å². The predicted molar refractivity (Wildman–Crippen MR) is 91.1 cm³/mol. The van der Waals surface area contributed by atoms with Crippen LogP contribution >= 0.6 is 0 Å². The van der Waals surface area contributed by atoms with Crippen LogP contribution in [0.4, 0.5) is 0 Å². The molecule has 21 heavy (non-hydrogen) atoms. The second kappa shape index (κ2) is 6.52. The summed E-state index contributed by atoms with van der Waals surface area (Å²) in [5, 5.41) is 10.2. The Morgan fingerprint density at radius 3 is 2.48 bits per heavy atom. The van der Waals surface area contributed by atoms with E-state index in [-0.39, 0.29) is 6.10 Å². The first-order valence-electron chi connectivity index (χ1n) is 8.50. The Labute approximate surface area is 130 Å². The molecule has 1 heteroatoms. The third-order valence-electron chi connectivity index (χ3n) is 5.67. The molecule has 3 atom stereocenters. The van der Waals surface area contributed by atoms with Crippen LogP contribution in [-0.4, -0.2) is 11.2 Å². The molecule has 1 saturated carbocycles. The molecule has 2 rings (SSSR count). The molecule has 1 unspecified atom stereocenters. The molecule has 0 aromatic heterocycles. The van der Waals surface area contributed by atoms with Gasteiger partial charge in [0.25, 0.3) is 0 Å². The summed E-state index contributed by atoms with van der Waals surface area (Å²) in [7, 11) is 0. The molecule has 0 bridgehead atoms. The summed E-state index contributed by atoms with van der Waals surface area (Å²) in [4.78, 5) is 0. The van der Waals surface area contributed by atoms with Gasteiger partial charge in [0.1, 0.15) is 0 Å². The topological polar surface area (TPSA) is 20.2 Å². The summed E-state index contributed by atoms with van der Waals surface area (Å²) in [6.07, 6.45) is 12.1. The molecule has 0 aliphatic heterocycles. The van der Waals surface area contributed by atoms with Crippen molar-refractivity contribution in [1.29, 1.82) is 0 Å². The summed E-state index contributed by atoms with van der Waals surface area (Å²) in [5.74, 6) is 1.60. The van der Waals surface area contributed by atoms with Crippen LogP contribution in [0.2, 0.25) is 0 Å². The Bertz CT molecular complexity index is 464. The lowest BCUT2D eigenvalue weighted by Gasteiger charge is -2.11. The average molecular weight is 288 g/mol. The van der Waals surface area contributed by atoms with Crippen molar-refractivity contribution in [2.24, 2.45) is 17.3 Å². The van der Waals surface area contributed by atoms with Gasteiger partial charge < -0.3 is 5.11 Å². The molecule has 2 aliphatic rings. The first-order chi connectivity index (χ1) is 9.82. The van der Waals surface area contributed by atoms with Crippen molar-refractivity contribution in [3.8, 4) is 0 Å². The molecule has 0 amide bonds. The number of hydrogen-bond donors (Lipinski definition) is 1. The quantitative estimate of drug-likeness (QED) is 0.590. The first-order valence-corrected chi connectivity index (χ1v) is 8.50. The van der Waals surface area contributed by atoms with Gasteiger partial charge in [0, 0.05) is 0 Å². The number of rotatable bonds is 0. The molecule has 1 N–H and O–H groups in total. The highest BCUT2D eigenvalue weighted by molar-refractivity contribution is 5.19. The third kappa shape index (κ3) is 4.10. The van der Waals surface area contributed by atoms with E-state index in [2.05, 4.69) is 52.8 Å². The molecule has 0 spiro atoms. The van der Waals surface area contributed by atoms with Gasteiger partial charge in [-0.25, -0.2) is 0 Å². The van der Waals surface area contributed by atoms with Crippen LogP contribution in [0, 0.1) is 17.3 Å². The van der Waals surface area contributed by atoms with E-state index in [9.17, 15) is 5.11 Å². The van der Waals surface area contributed by atoms with E-state index in [1.165, 1.54) is 24.0 Å². The highest BCUT2D eigenvalue weighted by Gasteiger charge is 2.55. The Balaban J connectivity index is 2.14. The number of hydrogen-bond acceptors (Lipinski definition) is 1. The molecule has 118 valence electrons. The van der Waals surface area contributed by atoms with Gasteiger partial charge in [-0.3, -0.25) is 0 Å². The molecule has 0 heterocycles. The number of aliphatic hydroxyl groups is 1. The fraction of sp³-hybridized carbons (Fsp3) is 0.700. The second-order valence-corrected chi connectivity index (χ2v) is 7.79. The van der Waals surface area contributed by atoms with E-state index >= 15 is 0 Å². The molecule has 0 radical (unpaired) electrons. The van der Waals surface area contributed by atoms with Crippen molar-refractivity contribution < 1.29 is 5.11 Å². The zero-order valence-electron chi connectivity index (χ0n) is 14.4. The van der Waals surface area contributed by atoms with Crippen LogP contribution in [0.5, 0.6) is 0 Å². The molecule has 2 aliphatic carbocycles. The van der Waals surface area contributed by atoms with Crippen molar-refractivity contribution in [3.05, 3.63) is 34.9 Å². The Morgan fingerprint density at radius 2 is 1.76 bits per heavy atom. The summed E-state index contributed by atoms with van der Waals surface area (Å²) in [6, 6.07) is 0. The zero-order valence-corrected chi connectivity index (χ0v) is 14.4. The van der Waals surface area contributed by atoms with Gasteiger partial charge in [0.15, 0.2) is 0 Å².